The molecular weight excluding hydrogens is 381 g/mol. The number of hydrogen-bond donors (Lipinski definition) is 1. The molecule has 0 aromatic heterocycles. The van der Waals surface area contributed by atoms with Gasteiger partial charge in [-0.2, -0.15) is 0 Å². The highest BCUT2D eigenvalue weighted by atomic mass is 35.5. The van der Waals surface area contributed by atoms with E-state index in [4.69, 9.17) is 23.2 Å². The molecule has 0 saturated carbocycles. The average Bonchev–Trinajstić information content (AvgIpc) is 2.66. The lowest BCUT2D eigenvalue weighted by Crippen LogP contribution is -2.48. The maximum Gasteiger partial charge on any atom is 0.224 e. The standard InChI is InChI=1S/C21H25Cl2N3O/c1-25-10-12-26(13-11-25)20(17-4-8-19(23)9-5-17)15-24-21(27)14-16-2-6-18(22)7-3-16/h2-9,20H,10-15H2,1H3,(H,24,27)/t20-/m1/s1. The molecule has 144 valence electrons. The van der Waals surface area contributed by atoms with Crippen molar-refractivity contribution < 1.29 is 4.79 Å². The fourth-order valence-electron chi connectivity index (χ4n) is 3.34. The maximum absolute atomic E-state index is 12.4. The Balaban J connectivity index is 1.64. The van der Waals surface area contributed by atoms with Crippen LogP contribution in [-0.2, 0) is 11.2 Å². The number of nitrogens with zero attached hydrogens (tertiary/aromatic N) is 2. The molecule has 0 spiro atoms. The highest BCUT2D eigenvalue weighted by Gasteiger charge is 2.24. The average molecular weight is 406 g/mol. The number of likely N-dealkylation sites (N-methyl/N-ethyl adjacent to an activating group) is 1. The van der Waals surface area contributed by atoms with Crippen molar-refractivity contribution in [3.8, 4) is 0 Å². The zero-order chi connectivity index (χ0) is 19.2. The van der Waals surface area contributed by atoms with Crippen LogP contribution in [0, 0.1) is 0 Å². The summed E-state index contributed by atoms with van der Waals surface area (Å²) in [6.07, 6.45) is 0.354. The molecule has 1 aliphatic rings. The van der Waals surface area contributed by atoms with Crippen LogP contribution in [0.3, 0.4) is 0 Å². The number of benzene rings is 2. The van der Waals surface area contributed by atoms with Crippen molar-refractivity contribution in [1.82, 2.24) is 15.1 Å². The highest BCUT2D eigenvalue weighted by Crippen LogP contribution is 2.23. The van der Waals surface area contributed by atoms with Gasteiger partial charge in [0.05, 0.1) is 12.5 Å². The van der Waals surface area contributed by atoms with E-state index >= 15 is 0 Å². The fraction of sp³-hybridized carbons (Fsp3) is 0.381. The van der Waals surface area contributed by atoms with Crippen molar-refractivity contribution in [2.75, 3.05) is 39.8 Å². The van der Waals surface area contributed by atoms with Gasteiger partial charge in [0.1, 0.15) is 0 Å². The van der Waals surface area contributed by atoms with Crippen LogP contribution < -0.4 is 5.32 Å². The molecule has 1 heterocycles. The second-order valence-electron chi connectivity index (χ2n) is 7.01. The van der Waals surface area contributed by atoms with Gasteiger partial charge in [-0.15, -0.1) is 0 Å². The zero-order valence-electron chi connectivity index (χ0n) is 15.5. The molecule has 6 heteroatoms. The summed E-state index contributed by atoms with van der Waals surface area (Å²) in [4.78, 5) is 17.2. The Bertz CT molecular complexity index is 741. The number of piperazine rings is 1. The summed E-state index contributed by atoms with van der Waals surface area (Å²) in [5, 5.41) is 4.51. The van der Waals surface area contributed by atoms with Crippen LogP contribution in [0.15, 0.2) is 48.5 Å². The zero-order valence-corrected chi connectivity index (χ0v) is 17.0. The summed E-state index contributed by atoms with van der Waals surface area (Å²) in [7, 11) is 2.14. The number of rotatable bonds is 6. The quantitative estimate of drug-likeness (QED) is 0.796. The first-order valence-corrected chi connectivity index (χ1v) is 9.96. The Morgan fingerprint density at radius 1 is 0.963 bits per heavy atom. The molecule has 2 aromatic rings. The van der Waals surface area contributed by atoms with Gasteiger partial charge in [0.15, 0.2) is 0 Å². The number of hydrogen-bond acceptors (Lipinski definition) is 3. The molecule has 4 nitrogen and oxygen atoms in total. The van der Waals surface area contributed by atoms with E-state index in [0.29, 0.717) is 18.0 Å². The van der Waals surface area contributed by atoms with E-state index in [-0.39, 0.29) is 11.9 Å². The first-order chi connectivity index (χ1) is 13.0. The van der Waals surface area contributed by atoms with E-state index in [1.807, 2.05) is 36.4 Å². The number of amides is 1. The topological polar surface area (TPSA) is 35.6 Å². The summed E-state index contributed by atoms with van der Waals surface area (Å²) in [5.41, 5.74) is 2.13. The minimum atomic E-state index is 0.0189. The second-order valence-corrected chi connectivity index (χ2v) is 7.89. The van der Waals surface area contributed by atoms with Gasteiger partial charge in [0, 0.05) is 42.8 Å². The maximum atomic E-state index is 12.4. The van der Waals surface area contributed by atoms with E-state index in [1.54, 1.807) is 0 Å². The summed E-state index contributed by atoms with van der Waals surface area (Å²) < 4.78 is 0. The first-order valence-electron chi connectivity index (χ1n) is 9.20. The highest BCUT2D eigenvalue weighted by molar-refractivity contribution is 6.30. The van der Waals surface area contributed by atoms with Gasteiger partial charge in [-0.05, 0) is 42.4 Å². The van der Waals surface area contributed by atoms with Gasteiger partial charge in [0.2, 0.25) is 5.91 Å². The third-order valence-electron chi connectivity index (χ3n) is 5.00. The van der Waals surface area contributed by atoms with Crippen LogP contribution in [0.5, 0.6) is 0 Å². The van der Waals surface area contributed by atoms with E-state index in [1.165, 1.54) is 5.56 Å². The minimum Gasteiger partial charge on any atom is -0.354 e. The molecule has 0 radical (unpaired) electrons. The SMILES string of the molecule is CN1CCN([C@H](CNC(=O)Cc2ccc(Cl)cc2)c2ccc(Cl)cc2)CC1. The molecule has 3 rings (SSSR count). The van der Waals surface area contributed by atoms with Crippen LogP contribution in [0.2, 0.25) is 10.0 Å². The summed E-state index contributed by atoms with van der Waals surface area (Å²) >= 11 is 12.0. The molecule has 2 aromatic carbocycles. The predicted molar refractivity (Wildman–Crippen MR) is 111 cm³/mol. The van der Waals surface area contributed by atoms with Gasteiger partial charge < -0.3 is 10.2 Å². The van der Waals surface area contributed by atoms with Crippen molar-refractivity contribution in [3.63, 3.8) is 0 Å². The predicted octanol–water partition coefficient (Wildman–Crippen LogP) is 3.64. The van der Waals surface area contributed by atoms with Gasteiger partial charge >= 0.3 is 0 Å². The van der Waals surface area contributed by atoms with Gasteiger partial charge in [0.25, 0.3) is 0 Å². The van der Waals surface area contributed by atoms with Crippen molar-refractivity contribution in [2.24, 2.45) is 0 Å². The Morgan fingerprint density at radius 3 is 2.11 bits per heavy atom. The second kappa shape index (κ2) is 9.56. The van der Waals surface area contributed by atoms with E-state index in [9.17, 15) is 4.79 Å². The molecule has 27 heavy (non-hydrogen) atoms. The van der Waals surface area contributed by atoms with Crippen LogP contribution in [0.4, 0.5) is 0 Å². The number of carbonyl (C=O) groups is 1. The Labute approximate surface area is 171 Å². The Morgan fingerprint density at radius 2 is 1.52 bits per heavy atom. The lowest BCUT2D eigenvalue weighted by Gasteiger charge is -2.38. The Kier molecular flexibility index (Phi) is 7.13. The Hall–Kier alpha value is -1.59. The smallest absolute Gasteiger partial charge is 0.224 e. The molecule has 1 aliphatic heterocycles. The lowest BCUT2D eigenvalue weighted by atomic mass is 10.0. The number of halogens is 2. The normalized spacial score (nSPS) is 16.9. The first kappa shape index (κ1) is 20.2. The molecule has 1 fully saturated rings. The molecule has 1 saturated heterocycles. The number of nitrogens with one attached hydrogen (secondary N) is 1. The third kappa shape index (κ3) is 5.94. The molecule has 0 aliphatic carbocycles. The van der Waals surface area contributed by atoms with Crippen molar-refractivity contribution >= 4 is 29.1 Å². The summed E-state index contributed by atoms with van der Waals surface area (Å²) in [5.74, 6) is 0.0189. The molecule has 1 atom stereocenters. The van der Waals surface area contributed by atoms with Gasteiger partial charge in [-0.3, -0.25) is 9.69 Å². The molecule has 1 amide bonds. The molecule has 0 bridgehead atoms. The van der Waals surface area contributed by atoms with Crippen LogP contribution >= 0.6 is 23.2 Å². The lowest BCUT2D eigenvalue weighted by molar-refractivity contribution is -0.120. The molecular formula is C21H25Cl2N3O. The molecule has 0 unspecified atom stereocenters. The fourth-order valence-corrected chi connectivity index (χ4v) is 3.59. The van der Waals surface area contributed by atoms with E-state index in [2.05, 4.69) is 34.3 Å². The summed E-state index contributed by atoms with van der Waals surface area (Å²) in [6, 6.07) is 15.5. The van der Waals surface area contributed by atoms with Crippen LogP contribution in [0.25, 0.3) is 0 Å². The minimum absolute atomic E-state index is 0.0189. The largest absolute Gasteiger partial charge is 0.354 e. The molecule has 1 N–H and O–H groups in total. The third-order valence-corrected chi connectivity index (χ3v) is 5.51. The van der Waals surface area contributed by atoms with Gasteiger partial charge in [-0.1, -0.05) is 47.5 Å². The summed E-state index contributed by atoms with van der Waals surface area (Å²) in [6.45, 7) is 4.61. The van der Waals surface area contributed by atoms with Crippen LogP contribution in [-0.4, -0.2) is 55.5 Å². The number of carbonyl (C=O) groups excluding carboxylic acids is 1. The van der Waals surface area contributed by atoms with Crippen LogP contribution in [0.1, 0.15) is 17.2 Å². The monoisotopic (exact) mass is 405 g/mol. The van der Waals surface area contributed by atoms with Crippen molar-refractivity contribution in [1.29, 1.82) is 0 Å². The van der Waals surface area contributed by atoms with Crippen molar-refractivity contribution in [3.05, 3.63) is 69.7 Å². The van der Waals surface area contributed by atoms with E-state index < -0.39 is 0 Å². The van der Waals surface area contributed by atoms with Gasteiger partial charge in [-0.25, -0.2) is 0 Å². The van der Waals surface area contributed by atoms with E-state index in [0.717, 1.165) is 36.8 Å². The van der Waals surface area contributed by atoms with Crippen molar-refractivity contribution in [2.45, 2.75) is 12.5 Å².